The Hall–Kier alpha value is -1.16. The molecule has 1 aliphatic heterocycles. The first-order chi connectivity index (χ1) is 7.34. The van der Waals surface area contributed by atoms with Gasteiger partial charge < -0.3 is 4.90 Å². The fraction of sp³-hybridized carbons (Fsp3) is 0.273. The van der Waals surface area contributed by atoms with Gasteiger partial charge in [0.1, 0.15) is 12.1 Å². The van der Waals surface area contributed by atoms with Gasteiger partial charge in [0.25, 0.3) is 0 Å². The Morgan fingerprint density at radius 2 is 2.07 bits per heavy atom. The molecule has 0 amide bonds. The standard InChI is InChI=1S/C11H10BrN3/c12-8-2-3-10-9(6-8)11(14-7-13-10)15-4-1-5-15/h2-3,6-7H,1,4-5H2. The minimum atomic E-state index is 1.01. The van der Waals surface area contributed by atoms with Crippen molar-refractivity contribution in [2.24, 2.45) is 0 Å². The Labute approximate surface area is 96.3 Å². The molecule has 1 aromatic carbocycles. The number of rotatable bonds is 1. The minimum absolute atomic E-state index is 1.01. The Morgan fingerprint density at radius 1 is 1.20 bits per heavy atom. The quantitative estimate of drug-likeness (QED) is 0.792. The first-order valence-corrected chi connectivity index (χ1v) is 5.79. The Morgan fingerprint density at radius 3 is 2.80 bits per heavy atom. The molecule has 2 heterocycles. The Bertz CT molecular complexity index is 508. The zero-order valence-corrected chi connectivity index (χ0v) is 9.74. The molecular weight excluding hydrogens is 254 g/mol. The zero-order chi connectivity index (χ0) is 10.3. The van der Waals surface area contributed by atoms with Crippen molar-refractivity contribution in [3.63, 3.8) is 0 Å². The van der Waals surface area contributed by atoms with Crippen LogP contribution < -0.4 is 4.90 Å². The lowest BCUT2D eigenvalue weighted by Gasteiger charge is -2.32. The number of fused-ring (bicyclic) bond motifs is 1. The van der Waals surface area contributed by atoms with Crippen molar-refractivity contribution < 1.29 is 0 Å². The predicted octanol–water partition coefficient (Wildman–Crippen LogP) is 2.60. The van der Waals surface area contributed by atoms with Gasteiger partial charge in [-0.25, -0.2) is 9.97 Å². The molecule has 1 aromatic heterocycles. The SMILES string of the molecule is Brc1ccc2ncnc(N3CCC3)c2c1. The van der Waals surface area contributed by atoms with Gasteiger partial charge in [-0.2, -0.15) is 0 Å². The summed E-state index contributed by atoms with van der Waals surface area (Å²) in [5.74, 6) is 1.06. The summed E-state index contributed by atoms with van der Waals surface area (Å²) >= 11 is 3.48. The maximum atomic E-state index is 4.36. The van der Waals surface area contributed by atoms with Crippen LogP contribution >= 0.6 is 15.9 Å². The van der Waals surface area contributed by atoms with Crippen LogP contribution in [0.3, 0.4) is 0 Å². The third-order valence-corrected chi connectivity index (χ3v) is 3.23. The molecule has 0 aliphatic carbocycles. The molecule has 3 nitrogen and oxygen atoms in total. The normalized spacial score (nSPS) is 15.4. The smallest absolute Gasteiger partial charge is 0.139 e. The molecule has 0 radical (unpaired) electrons. The van der Waals surface area contributed by atoms with Crippen LogP contribution in [0.25, 0.3) is 10.9 Å². The molecule has 0 spiro atoms. The Balaban J connectivity index is 2.23. The fourth-order valence-electron chi connectivity index (χ4n) is 1.80. The van der Waals surface area contributed by atoms with E-state index in [2.05, 4.69) is 36.9 Å². The van der Waals surface area contributed by atoms with Crippen LogP contribution in [0.1, 0.15) is 6.42 Å². The second-order valence-corrected chi connectivity index (χ2v) is 4.62. The summed E-state index contributed by atoms with van der Waals surface area (Å²) in [7, 11) is 0. The summed E-state index contributed by atoms with van der Waals surface area (Å²) in [6.45, 7) is 2.22. The van der Waals surface area contributed by atoms with Crippen molar-refractivity contribution in [1.29, 1.82) is 0 Å². The molecule has 0 bridgehead atoms. The van der Waals surface area contributed by atoms with Gasteiger partial charge in [0.2, 0.25) is 0 Å². The van der Waals surface area contributed by atoms with E-state index in [-0.39, 0.29) is 0 Å². The fourth-order valence-corrected chi connectivity index (χ4v) is 2.16. The van der Waals surface area contributed by atoms with Crippen LogP contribution in [0.4, 0.5) is 5.82 Å². The first-order valence-electron chi connectivity index (χ1n) is 5.00. The molecule has 76 valence electrons. The van der Waals surface area contributed by atoms with Gasteiger partial charge in [0, 0.05) is 22.9 Å². The van der Waals surface area contributed by atoms with Crippen molar-refractivity contribution in [2.45, 2.75) is 6.42 Å². The van der Waals surface area contributed by atoms with Gasteiger partial charge in [0.15, 0.2) is 0 Å². The maximum absolute atomic E-state index is 4.36. The van der Waals surface area contributed by atoms with Crippen molar-refractivity contribution >= 4 is 32.7 Å². The van der Waals surface area contributed by atoms with Gasteiger partial charge in [0.05, 0.1) is 5.52 Å². The van der Waals surface area contributed by atoms with Gasteiger partial charge in [-0.05, 0) is 24.6 Å². The number of hydrogen-bond donors (Lipinski definition) is 0. The molecule has 15 heavy (non-hydrogen) atoms. The first kappa shape index (κ1) is 9.09. The average Bonchev–Trinajstić information content (AvgIpc) is 2.16. The van der Waals surface area contributed by atoms with Gasteiger partial charge in [-0.1, -0.05) is 15.9 Å². The van der Waals surface area contributed by atoms with Crippen LogP contribution in [-0.2, 0) is 0 Å². The summed E-state index contributed by atoms with van der Waals surface area (Å²) in [5, 5.41) is 1.13. The van der Waals surface area contributed by atoms with Crippen molar-refractivity contribution in [1.82, 2.24) is 9.97 Å². The molecule has 0 unspecified atom stereocenters. The van der Waals surface area contributed by atoms with Crippen LogP contribution in [-0.4, -0.2) is 23.1 Å². The molecule has 0 saturated carbocycles. The van der Waals surface area contributed by atoms with Crippen molar-refractivity contribution in [3.8, 4) is 0 Å². The number of aromatic nitrogens is 2. The third kappa shape index (κ3) is 1.49. The highest BCUT2D eigenvalue weighted by molar-refractivity contribution is 9.10. The molecule has 3 rings (SSSR count). The lowest BCUT2D eigenvalue weighted by Crippen LogP contribution is -2.37. The highest BCUT2D eigenvalue weighted by atomic mass is 79.9. The lowest BCUT2D eigenvalue weighted by molar-refractivity contribution is 0.611. The van der Waals surface area contributed by atoms with Gasteiger partial charge in [-0.3, -0.25) is 0 Å². The predicted molar refractivity (Wildman–Crippen MR) is 64.1 cm³/mol. The van der Waals surface area contributed by atoms with Crippen molar-refractivity contribution in [2.75, 3.05) is 18.0 Å². The summed E-state index contributed by atoms with van der Waals surface area (Å²) < 4.78 is 1.08. The van der Waals surface area contributed by atoms with E-state index in [1.807, 2.05) is 12.1 Å². The van der Waals surface area contributed by atoms with E-state index in [9.17, 15) is 0 Å². The van der Waals surface area contributed by atoms with Gasteiger partial charge in [-0.15, -0.1) is 0 Å². The molecule has 1 aliphatic rings. The molecule has 0 atom stereocenters. The monoisotopic (exact) mass is 263 g/mol. The molecule has 1 fully saturated rings. The minimum Gasteiger partial charge on any atom is -0.356 e. The summed E-state index contributed by atoms with van der Waals surface area (Å²) in [5.41, 5.74) is 1.01. The summed E-state index contributed by atoms with van der Waals surface area (Å²) in [6.07, 6.45) is 2.91. The maximum Gasteiger partial charge on any atom is 0.139 e. The number of benzene rings is 1. The third-order valence-electron chi connectivity index (χ3n) is 2.73. The second-order valence-electron chi connectivity index (χ2n) is 3.70. The topological polar surface area (TPSA) is 29.0 Å². The highest BCUT2D eigenvalue weighted by Crippen LogP contribution is 2.28. The largest absolute Gasteiger partial charge is 0.356 e. The Kier molecular flexibility index (Phi) is 2.09. The molecule has 0 N–H and O–H groups in total. The highest BCUT2D eigenvalue weighted by Gasteiger charge is 2.18. The van der Waals surface area contributed by atoms with E-state index in [1.54, 1.807) is 6.33 Å². The zero-order valence-electron chi connectivity index (χ0n) is 8.15. The van der Waals surface area contributed by atoms with E-state index < -0.39 is 0 Å². The lowest BCUT2D eigenvalue weighted by atomic mass is 10.1. The van der Waals surface area contributed by atoms with Crippen LogP contribution in [0.2, 0.25) is 0 Å². The van der Waals surface area contributed by atoms with Gasteiger partial charge >= 0.3 is 0 Å². The van der Waals surface area contributed by atoms with E-state index >= 15 is 0 Å². The summed E-state index contributed by atoms with van der Waals surface area (Å²) in [4.78, 5) is 10.9. The van der Waals surface area contributed by atoms with E-state index in [0.29, 0.717) is 0 Å². The van der Waals surface area contributed by atoms with Crippen molar-refractivity contribution in [3.05, 3.63) is 29.0 Å². The number of nitrogens with zero attached hydrogens (tertiary/aromatic N) is 3. The number of hydrogen-bond acceptors (Lipinski definition) is 3. The molecule has 2 aromatic rings. The number of halogens is 1. The second kappa shape index (κ2) is 3.45. The van der Waals surface area contributed by atoms with Crippen LogP contribution in [0.5, 0.6) is 0 Å². The van der Waals surface area contributed by atoms with E-state index in [0.717, 1.165) is 34.3 Å². The van der Waals surface area contributed by atoms with E-state index in [4.69, 9.17) is 0 Å². The van der Waals surface area contributed by atoms with Crippen LogP contribution in [0.15, 0.2) is 29.0 Å². The molecule has 4 heteroatoms. The molecule has 1 saturated heterocycles. The average molecular weight is 264 g/mol. The van der Waals surface area contributed by atoms with E-state index in [1.165, 1.54) is 6.42 Å². The summed E-state index contributed by atoms with van der Waals surface area (Å²) in [6, 6.07) is 6.11. The molecular formula is C11H10BrN3. The number of anilines is 1. The van der Waals surface area contributed by atoms with Crippen LogP contribution in [0, 0.1) is 0 Å².